The molecule has 0 amide bonds. The maximum Gasteiger partial charge on any atom is 0.342 e. The second-order valence-corrected chi connectivity index (χ2v) is 5.98. The summed E-state index contributed by atoms with van der Waals surface area (Å²) in [5, 5.41) is 0. The van der Waals surface area contributed by atoms with E-state index in [1.54, 1.807) is 20.8 Å². The average molecular weight is 270 g/mol. The molecule has 6 heteroatoms. The summed E-state index contributed by atoms with van der Waals surface area (Å²) >= 11 is 0. The fraction of sp³-hybridized carbons (Fsp3) is 0.846. The second-order valence-electron chi connectivity index (χ2n) is 5.98. The van der Waals surface area contributed by atoms with Gasteiger partial charge in [0.15, 0.2) is 5.41 Å². The van der Waals surface area contributed by atoms with Crippen molar-refractivity contribution < 1.29 is 19.3 Å². The van der Waals surface area contributed by atoms with Crippen LogP contribution in [0, 0.1) is 17.3 Å². The van der Waals surface area contributed by atoms with Gasteiger partial charge < -0.3 is 9.68 Å². The number of carbonyl (C=O) groups is 2. The molecule has 108 valence electrons. The van der Waals surface area contributed by atoms with E-state index in [0.717, 1.165) is 19.3 Å². The van der Waals surface area contributed by atoms with Crippen LogP contribution in [0.1, 0.15) is 40.0 Å². The summed E-state index contributed by atoms with van der Waals surface area (Å²) in [6.07, 6.45) is 2.91. The van der Waals surface area contributed by atoms with Gasteiger partial charge in [-0.1, -0.05) is 13.8 Å². The predicted octanol–water partition coefficient (Wildman–Crippen LogP) is 0.927. The lowest BCUT2D eigenvalue weighted by Crippen LogP contribution is -2.47. The van der Waals surface area contributed by atoms with Crippen molar-refractivity contribution in [2.75, 3.05) is 6.54 Å². The zero-order valence-corrected chi connectivity index (χ0v) is 11.7. The molecule has 19 heavy (non-hydrogen) atoms. The molecule has 1 heterocycles. The zero-order valence-electron chi connectivity index (χ0n) is 11.7. The molecular formula is C13H22N2O4. The predicted molar refractivity (Wildman–Crippen MR) is 67.4 cm³/mol. The van der Waals surface area contributed by atoms with Gasteiger partial charge in [0.25, 0.3) is 0 Å². The molecule has 2 rings (SSSR count). The van der Waals surface area contributed by atoms with Gasteiger partial charge in [0.1, 0.15) is 0 Å². The largest absolute Gasteiger partial charge is 0.370 e. The summed E-state index contributed by atoms with van der Waals surface area (Å²) in [7, 11) is 0. The number of carbonyl (C=O) groups excluding carboxylic acids is 2. The van der Waals surface area contributed by atoms with Gasteiger partial charge in [0, 0.05) is 12.6 Å². The summed E-state index contributed by atoms with van der Waals surface area (Å²) in [4.78, 5) is 34.5. The molecule has 1 saturated carbocycles. The van der Waals surface area contributed by atoms with Crippen LogP contribution >= 0.6 is 0 Å². The first-order valence-electron chi connectivity index (χ1n) is 6.85. The van der Waals surface area contributed by atoms with Gasteiger partial charge in [-0.3, -0.25) is 0 Å². The molecule has 1 aliphatic heterocycles. The molecule has 6 nitrogen and oxygen atoms in total. The van der Waals surface area contributed by atoms with E-state index in [-0.39, 0.29) is 12.0 Å². The molecule has 0 aromatic carbocycles. The fourth-order valence-electron chi connectivity index (χ4n) is 2.50. The lowest BCUT2D eigenvalue weighted by Gasteiger charge is -2.28. The first-order valence-corrected chi connectivity index (χ1v) is 6.85. The van der Waals surface area contributed by atoms with Crippen LogP contribution < -0.4 is 11.0 Å². The summed E-state index contributed by atoms with van der Waals surface area (Å²) in [5.41, 5.74) is 4.21. The highest BCUT2D eigenvalue weighted by molar-refractivity contribution is 5.99. The smallest absolute Gasteiger partial charge is 0.342 e. The normalized spacial score (nSPS) is 36.6. The van der Waals surface area contributed by atoms with E-state index in [9.17, 15) is 9.59 Å². The fourth-order valence-corrected chi connectivity index (χ4v) is 2.50. The van der Waals surface area contributed by atoms with Crippen molar-refractivity contribution >= 4 is 11.9 Å². The van der Waals surface area contributed by atoms with Crippen molar-refractivity contribution in [1.29, 1.82) is 0 Å². The van der Waals surface area contributed by atoms with Crippen molar-refractivity contribution in [3.63, 3.8) is 0 Å². The monoisotopic (exact) mass is 270 g/mol. The van der Waals surface area contributed by atoms with Crippen LogP contribution in [0.2, 0.25) is 0 Å². The van der Waals surface area contributed by atoms with Gasteiger partial charge in [0.2, 0.25) is 0 Å². The Kier molecular flexibility index (Phi) is 4.10. The molecule has 1 saturated heterocycles. The average Bonchev–Trinajstić information content (AvgIpc) is 2.80. The van der Waals surface area contributed by atoms with Crippen molar-refractivity contribution in [1.82, 2.24) is 11.0 Å². The second kappa shape index (κ2) is 5.46. The summed E-state index contributed by atoms with van der Waals surface area (Å²) in [6, 6.07) is 0.167. The number of hydrogen-bond acceptors (Lipinski definition) is 6. The Balaban J connectivity index is 2.16. The lowest BCUT2D eigenvalue weighted by molar-refractivity contribution is -0.184. The van der Waals surface area contributed by atoms with Crippen LogP contribution in [0.5, 0.6) is 0 Å². The van der Waals surface area contributed by atoms with Crippen molar-refractivity contribution in [2.24, 2.45) is 17.3 Å². The Morgan fingerprint density at radius 3 is 2.58 bits per heavy atom. The topological polar surface area (TPSA) is 76.7 Å². The molecule has 2 fully saturated rings. The maximum absolute atomic E-state index is 12.2. The Hall–Kier alpha value is -1.14. The Morgan fingerprint density at radius 2 is 1.89 bits per heavy atom. The number of hydroxylamine groups is 2. The van der Waals surface area contributed by atoms with Gasteiger partial charge in [-0.25, -0.2) is 9.59 Å². The molecule has 1 aliphatic carbocycles. The van der Waals surface area contributed by atoms with Crippen LogP contribution in [0.3, 0.4) is 0 Å². The summed E-state index contributed by atoms with van der Waals surface area (Å²) < 4.78 is 0. The van der Waals surface area contributed by atoms with E-state index in [0.29, 0.717) is 12.5 Å². The quantitative estimate of drug-likeness (QED) is 0.690. The Labute approximate surface area is 113 Å². The van der Waals surface area contributed by atoms with Gasteiger partial charge in [-0.2, -0.15) is 5.48 Å². The number of fused-ring (bicyclic) bond motifs is 2. The van der Waals surface area contributed by atoms with Gasteiger partial charge >= 0.3 is 11.9 Å². The molecule has 2 N–H and O–H groups in total. The van der Waals surface area contributed by atoms with Crippen LogP contribution in [0.15, 0.2) is 0 Å². The molecule has 0 radical (unpaired) electrons. The lowest BCUT2D eigenvalue weighted by atomic mass is 9.79. The molecule has 2 aliphatic rings. The van der Waals surface area contributed by atoms with Crippen LogP contribution in [0.4, 0.5) is 0 Å². The van der Waals surface area contributed by atoms with Crippen LogP contribution in [-0.2, 0) is 19.3 Å². The summed E-state index contributed by atoms with van der Waals surface area (Å²) in [5.74, 6) is -0.951. The minimum absolute atomic E-state index is 0.167. The molecule has 0 spiro atoms. The molecule has 2 bridgehead atoms. The number of rotatable bonds is 1. The molecular weight excluding hydrogens is 248 g/mol. The molecule has 3 unspecified atom stereocenters. The maximum atomic E-state index is 12.2. The highest BCUT2D eigenvalue weighted by Crippen LogP contribution is 2.31. The van der Waals surface area contributed by atoms with Crippen molar-refractivity contribution in [3.8, 4) is 0 Å². The molecule has 0 aromatic heterocycles. The van der Waals surface area contributed by atoms with Gasteiger partial charge in [-0.05, 0) is 38.0 Å². The van der Waals surface area contributed by atoms with E-state index in [4.69, 9.17) is 9.68 Å². The SMILES string of the molecule is CC(C)C1(C)C(=O)ONCC2CCC(C2)NOC1=O. The third kappa shape index (κ3) is 2.74. The van der Waals surface area contributed by atoms with Crippen LogP contribution in [-0.4, -0.2) is 24.5 Å². The number of hydrogen-bond donors (Lipinski definition) is 2. The van der Waals surface area contributed by atoms with Gasteiger partial charge in [-0.15, -0.1) is 5.48 Å². The van der Waals surface area contributed by atoms with E-state index >= 15 is 0 Å². The summed E-state index contributed by atoms with van der Waals surface area (Å²) in [6.45, 7) is 5.77. The highest BCUT2D eigenvalue weighted by atomic mass is 16.7. The Bertz CT molecular complexity index is 372. The third-order valence-corrected chi connectivity index (χ3v) is 4.40. The minimum atomic E-state index is -1.30. The van der Waals surface area contributed by atoms with E-state index in [1.807, 2.05) is 0 Å². The first-order chi connectivity index (χ1) is 8.94. The Morgan fingerprint density at radius 1 is 1.21 bits per heavy atom. The van der Waals surface area contributed by atoms with Crippen molar-refractivity contribution in [2.45, 2.75) is 46.1 Å². The van der Waals surface area contributed by atoms with E-state index in [1.165, 1.54) is 0 Å². The van der Waals surface area contributed by atoms with Crippen LogP contribution in [0.25, 0.3) is 0 Å². The number of nitrogens with one attached hydrogen (secondary N) is 2. The van der Waals surface area contributed by atoms with Crippen molar-refractivity contribution in [3.05, 3.63) is 0 Å². The van der Waals surface area contributed by atoms with E-state index < -0.39 is 17.4 Å². The van der Waals surface area contributed by atoms with E-state index in [2.05, 4.69) is 11.0 Å². The minimum Gasteiger partial charge on any atom is -0.370 e. The first kappa shape index (κ1) is 14.3. The highest BCUT2D eigenvalue weighted by Gasteiger charge is 2.48. The standard InChI is InChI=1S/C13H22N2O4/c1-8(2)13(3)11(16)18-14-7-9-4-5-10(6-9)15-19-12(13)17/h8-10,14-15H,4-7H2,1-3H3. The van der Waals surface area contributed by atoms with Gasteiger partial charge in [0.05, 0.1) is 0 Å². The zero-order chi connectivity index (χ0) is 14.0. The molecule has 3 atom stereocenters. The third-order valence-electron chi connectivity index (χ3n) is 4.40. The molecule has 0 aromatic rings.